The fourth-order valence-electron chi connectivity index (χ4n) is 1.94. The van der Waals surface area contributed by atoms with E-state index in [-0.39, 0.29) is 6.04 Å². The summed E-state index contributed by atoms with van der Waals surface area (Å²) in [5, 5.41) is 4.04. The zero-order valence-electron chi connectivity index (χ0n) is 7.49. The van der Waals surface area contributed by atoms with Gasteiger partial charge in [0.15, 0.2) is 0 Å². The van der Waals surface area contributed by atoms with E-state index in [0.29, 0.717) is 12.2 Å². The van der Waals surface area contributed by atoms with Gasteiger partial charge in [-0.25, -0.2) is 9.07 Å². The molecule has 0 aromatic carbocycles. The summed E-state index contributed by atoms with van der Waals surface area (Å²) >= 11 is 0. The van der Waals surface area contributed by atoms with Gasteiger partial charge in [-0.15, -0.1) is 0 Å². The third kappa shape index (κ3) is 1.53. The van der Waals surface area contributed by atoms with Crippen LogP contribution in [-0.2, 0) is 0 Å². The molecule has 1 fully saturated rings. The Hall–Kier alpha value is -1.06. The van der Waals surface area contributed by atoms with Crippen molar-refractivity contribution in [3.63, 3.8) is 0 Å². The minimum absolute atomic E-state index is 0.135. The van der Waals surface area contributed by atoms with Gasteiger partial charge in [-0.3, -0.25) is 0 Å². The summed E-state index contributed by atoms with van der Waals surface area (Å²) < 4.78 is 15.1. The highest BCUT2D eigenvalue weighted by atomic mass is 19.1. The monoisotopic (exact) mass is 183 g/mol. The van der Waals surface area contributed by atoms with Crippen LogP contribution in [0.1, 0.15) is 31.7 Å². The van der Waals surface area contributed by atoms with Crippen molar-refractivity contribution < 1.29 is 4.39 Å². The molecule has 0 bridgehead atoms. The minimum Gasteiger partial charge on any atom is -0.384 e. The quantitative estimate of drug-likeness (QED) is 0.722. The molecule has 2 N–H and O–H groups in total. The first-order chi connectivity index (χ1) is 6.29. The average molecular weight is 183 g/mol. The van der Waals surface area contributed by atoms with Gasteiger partial charge in [0, 0.05) is 0 Å². The van der Waals surface area contributed by atoms with Gasteiger partial charge in [-0.2, -0.15) is 5.10 Å². The summed E-state index contributed by atoms with van der Waals surface area (Å²) in [5.41, 5.74) is 5.67. The third-order valence-corrected chi connectivity index (χ3v) is 2.66. The topological polar surface area (TPSA) is 43.8 Å². The SMILES string of the molecule is Nc1ccnn1C1CCCCC1F. The lowest BCUT2D eigenvalue weighted by molar-refractivity contribution is 0.161. The Morgan fingerprint density at radius 3 is 2.85 bits per heavy atom. The Labute approximate surface area is 76.7 Å². The first-order valence-corrected chi connectivity index (χ1v) is 4.72. The summed E-state index contributed by atoms with van der Waals surface area (Å²) in [7, 11) is 0. The van der Waals surface area contributed by atoms with Crippen LogP contribution in [0.25, 0.3) is 0 Å². The molecule has 3 nitrogen and oxygen atoms in total. The largest absolute Gasteiger partial charge is 0.384 e. The highest BCUT2D eigenvalue weighted by molar-refractivity contribution is 5.27. The molecule has 2 atom stereocenters. The second kappa shape index (κ2) is 3.36. The van der Waals surface area contributed by atoms with Gasteiger partial charge in [-0.1, -0.05) is 12.8 Å². The second-order valence-corrected chi connectivity index (χ2v) is 3.57. The maximum atomic E-state index is 13.5. The predicted octanol–water partition coefficient (Wildman–Crippen LogP) is 1.92. The third-order valence-electron chi connectivity index (χ3n) is 2.66. The number of halogens is 1. The van der Waals surface area contributed by atoms with E-state index in [1.165, 1.54) is 0 Å². The number of nitrogens with zero attached hydrogens (tertiary/aromatic N) is 2. The molecule has 1 aliphatic rings. The maximum absolute atomic E-state index is 13.5. The fraction of sp³-hybridized carbons (Fsp3) is 0.667. The van der Waals surface area contributed by atoms with Gasteiger partial charge >= 0.3 is 0 Å². The predicted molar refractivity (Wildman–Crippen MR) is 49.0 cm³/mol. The first-order valence-electron chi connectivity index (χ1n) is 4.72. The van der Waals surface area contributed by atoms with E-state index in [1.54, 1.807) is 16.9 Å². The van der Waals surface area contributed by atoms with Gasteiger partial charge in [0.25, 0.3) is 0 Å². The Bertz CT molecular complexity index is 284. The van der Waals surface area contributed by atoms with Crippen molar-refractivity contribution in [2.45, 2.75) is 37.9 Å². The van der Waals surface area contributed by atoms with Gasteiger partial charge < -0.3 is 5.73 Å². The number of rotatable bonds is 1. The fourth-order valence-corrected chi connectivity index (χ4v) is 1.94. The highest BCUT2D eigenvalue weighted by Crippen LogP contribution is 2.31. The second-order valence-electron chi connectivity index (χ2n) is 3.57. The molecule has 0 saturated heterocycles. The highest BCUT2D eigenvalue weighted by Gasteiger charge is 2.27. The van der Waals surface area contributed by atoms with Gasteiger partial charge in [-0.05, 0) is 18.9 Å². The Morgan fingerprint density at radius 1 is 1.46 bits per heavy atom. The Balaban J connectivity index is 2.19. The molecule has 2 unspecified atom stereocenters. The minimum atomic E-state index is -0.782. The zero-order valence-corrected chi connectivity index (χ0v) is 7.49. The molecule has 13 heavy (non-hydrogen) atoms. The van der Waals surface area contributed by atoms with Crippen molar-refractivity contribution in [3.05, 3.63) is 12.3 Å². The van der Waals surface area contributed by atoms with Crippen LogP contribution in [0.2, 0.25) is 0 Å². The van der Waals surface area contributed by atoms with Crippen LogP contribution < -0.4 is 5.73 Å². The number of aromatic nitrogens is 2. The average Bonchev–Trinajstić information content (AvgIpc) is 2.52. The molecule has 0 amide bonds. The summed E-state index contributed by atoms with van der Waals surface area (Å²) in [4.78, 5) is 0. The smallest absolute Gasteiger partial charge is 0.122 e. The molecule has 0 radical (unpaired) electrons. The lowest BCUT2D eigenvalue weighted by atomic mass is 9.94. The van der Waals surface area contributed by atoms with Crippen LogP contribution in [-0.4, -0.2) is 16.0 Å². The summed E-state index contributed by atoms with van der Waals surface area (Å²) in [5.74, 6) is 0.564. The van der Waals surface area contributed by atoms with E-state index < -0.39 is 6.17 Å². The first kappa shape index (κ1) is 8.53. The van der Waals surface area contributed by atoms with Crippen LogP contribution in [0, 0.1) is 0 Å². The molecule has 2 rings (SSSR count). The van der Waals surface area contributed by atoms with Crippen molar-refractivity contribution in [1.29, 1.82) is 0 Å². The lowest BCUT2D eigenvalue weighted by Crippen LogP contribution is -2.26. The number of anilines is 1. The van der Waals surface area contributed by atoms with Gasteiger partial charge in [0.1, 0.15) is 12.0 Å². The van der Waals surface area contributed by atoms with Crippen LogP contribution in [0.4, 0.5) is 10.2 Å². The molecule has 1 heterocycles. The lowest BCUT2D eigenvalue weighted by Gasteiger charge is -2.26. The molecular weight excluding hydrogens is 169 g/mol. The van der Waals surface area contributed by atoms with Gasteiger partial charge in [0.2, 0.25) is 0 Å². The molecule has 1 aromatic rings. The van der Waals surface area contributed by atoms with E-state index in [2.05, 4.69) is 5.10 Å². The van der Waals surface area contributed by atoms with E-state index in [9.17, 15) is 4.39 Å². The number of nitrogens with two attached hydrogens (primary N) is 1. The molecule has 4 heteroatoms. The van der Waals surface area contributed by atoms with Gasteiger partial charge in [0.05, 0.1) is 12.2 Å². The van der Waals surface area contributed by atoms with Crippen LogP contribution >= 0.6 is 0 Å². The van der Waals surface area contributed by atoms with Crippen molar-refractivity contribution in [3.8, 4) is 0 Å². The van der Waals surface area contributed by atoms with E-state index in [0.717, 1.165) is 19.3 Å². The Morgan fingerprint density at radius 2 is 2.23 bits per heavy atom. The number of nitrogen functional groups attached to an aromatic ring is 1. The van der Waals surface area contributed by atoms with Crippen molar-refractivity contribution in [1.82, 2.24) is 9.78 Å². The number of hydrogen-bond acceptors (Lipinski definition) is 2. The summed E-state index contributed by atoms with van der Waals surface area (Å²) in [6.07, 6.45) is 4.40. The zero-order chi connectivity index (χ0) is 9.26. The molecular formula is C9H14FN3. The Kier molecular flexibility index (Phi) is 2.20. The number of hydrogen-bond donors (Lipinski definition) is 1. The summed E-state index contributed by atoms with van der Waals surface area (Å²) in [6, 6.07) is 1.57. The maximum Gasteiger partial charge on any atom is 0.122 e. The molecule has 1 aliphatic carbocycles. The molecule has 0 aliphatic heterocycles. The number of alkyl halides is 1. The standard InChI is InChI=1S/C9H14FN3/c10-7-3-1-2-4-8(7)13-9(11)5-6-12-13/h5-8H,1-4,11H2. The molecule has 1 saturated carbocycles. The van der Waals surface area contributed by atoms with Crippen LogP contribution in [0.5, 0.6) is 0 Å². The molecule has 72 valence electrons. The van der Waals surface area contributed by atoms with Crippen LogP contribution in [0.3, 0.4) is 0 Å². The molecule has 1 aromatic heterocycles. The normalized spacial score (nSPS) is 29.0. The van der Waals surface area contributed by atoms with Crippen LogP contribution in [0.15, 0.2) is 12.3 Å². The van der Waals surface area contributed by atoms with E-state index >= 15 is 0 Å². The van der Waals surface area contributed by atoms with Crippen molar-refractivity contribution in [2.75, 3.05) is 5.73 Å². The van der Waals surface area contributed by atoms with E-state index in [1.807, 2.05) is 0 Å². The summed E-state index contributed by atoms with van der Waals surface area (Å²) in [6.45, 7) is 0. The van der Waals surface area contributed by atoms with E-state index in [4.69, 9.17) is 5.73 Å². The molecule has 0 spiro atoms. The van der Waals surface area contributed by atoms with Crippen molar-refractivity contribution in [2.24, 2.45) is 0 Å². The van der Waals surface area contributed by atoms with Crippen molar-refractivity contribution >= 4 is 5.82 Å².